The molecular formula is C20H25ClN2O5. The monoisotopic (exact) mass is 408 g/mol. The third-order valence-corrected chi connectivity index (χ3v) is 5.44. The molecule has 2 aromatic rings. The Morgan fingerprint density at radius 1 is 1.25 bits per heavy atom. The van der Waals surface area contributed by atoms with Gasteiger partial charge in [0.25, 0.3) is 5.91 Å². The molecule has 0 radical (unpaired) electrons. The molecule has 3 heterocycles. The van der Waals surface area contributed by atoms with Gasteiger partial charge in [-0.25, -0.2) is 4.79 Å². The number of halogens is 1. The first-order valence-corrected chi connectivity index (χ1v) is 9.38. The van der Waals surface area contributed by atoms with Gasteiger partial charge in [0.1, 0.15) is 11.3 Å². The van der Waals surface area contributed by atoms with Crippen molar-refractivity contribution in [3.63, 3.8) is 0 Å². The van der Waals surface area contributed by atoms with E-state index in [9.17, 15) is 9.59 Å². The van der Waals surface area contributed by atoms with Crippen LogP contribution in [0.4, 0.5) is 0 Å². The van der Waals surface area contributed by atoms with E-state index < -0.39 is 5.63 Å². The summed E-state index contributed by atoms with van der Waals surface area (Å²) in [5.41, 5.74) is 0.305. The van der Waals surface area contributed by atoms with Gasteiger partial charge in [0.2, 0.25) is 0 Å². The molecular weight excluding hydrogens is 384 g/mol. The zero-order chi connectivity index (χ0) is 18.7. The summed E-state index contributed by atoms with van der Waals surface area (Å²) in [7, 11) is 0. The number of benzene rings is 1. The standard InChI is InChI=1S/C20H24N2O5.ClH/c23-18(22-11-16-10-20(13-26-16)5-7-21-8-6-20)12-25-15-3-1-14-2-4-19(24)27-17(14)9-15;/h1-4,9,16,21H,5-8,10-13H2,(H,22,23);1H. The lowest BCUT2D eigenvalue weighted by atomic mass is 9.77. The van der Waals surface area contributed by atoms with E-state index in [1.165, 1.54) is 6.07 Å². The molecule has 1 unspecified atom stereocenters. The molecule has 7 nitrogen and oxygen atoms in total. The van der Waals surface area contributed by atoms with Crippen LogP contribution < -0.4 is 21.0 Å². The average molecular weight is 409 g/mol. The van der Waals surface area contributed by atoms with Crippen molar-refractivity contribution in [2.45, 2.75) is 25.4 Å². The van der Waals surface area contributed by atoms with Gasteiger partial charge < -0.3 is 24.5 Å². The Balaban J connectivity index is 0.00000225. The molecule has 4 rings (SSSR count). The summed E-state index contributed by atoms with van der Waals surface area (Å²) in [4.78, 5) is 23.4. The van der Waals surface area contributed by atoms with E-state index in [4.69, 9.17) is 13.9 Å². The molecule has 2 saturated heterocycles. The van der Waals surface area contributed by atoms with Gasteiger partial charge in [-0.15, -0.1) is 12.4 Å². The summed E-state index contributed by atoms with van der Waals surface area (Å²) in [6, 6.07) is 8.21. The minimum absolute atomic E-state index is 0. The van der Waals surface area contributed by atoms with Crippen molar-refractivity contribution in [3.8, 4) is 5.75 Å². The van der Waals surface area contributed by atoms with E-state index in [-0.39, 0.29) is 36.4 Å². The first kappa shape index (κ1) is 20.6. The predicted molar refractivity (Wildman–Crippen MR) is 107 cm³/mol. The topological polar surface area (TPSA) is 89.8 Å². The van der Waals surface area contributed by atoms with E-state index in [2.05, 4.69) is 10.6 Å². The largest absolute Gasteiger partial charge is 0.484 e. The lowest BCUT2D eigenvalue weighted by molar-refractivity contribution is -0.123. The van der Waals surface area contributed by atoms with Gasteiger partial charge in [0.05, 0.1) is 12.7 Å². The summed E-state index contributed by atoms with van der Waals surface area (Å²) in [6.07, 6.45) is 3.35. The molecule has 152 valence electrons. The number of ether oxygens (including phenoxy) is 2. The van der Waals surface area contributed by atoms with E-state index in [1.54, 1.807) is 24.3 Å². The van der Waals surface area contributed by atoms with Gasteiger partial charge in [0.15, 0.2) is 6.61 Å². The Labute approximate surface area is 169 Å². The summed E-state index contributed by atoms with van der Waals surface area (Å²) in [6.45, 7) is 3.28. The maximum atomic E-state index is 12.1. The highest BCUT2D eigenvalue weighted by atomic mass is 35.5. The van der Waals surface area contributed by atoms with Crippen LogP contribution in [-0.4, -0.2) is 44.9 Å². The minimum atomic E-state index is -0.416. The van der Waals surface area contributed by atoms with Crippen molar-refractivity contribution < 1.29 is 18.7 Å². The Kier molecular flexibility index (Phi) is 6.59. The fourth-order valence-corrected chi connectivity index (χ4v) is 3.89. The molecule has 2 N–H and O–H groups in total. The number of fused-ring (bicyclic) bond motifs is 1. The third kappa shape index (κ3) is 4.84. The second-order valence-corrected chi connectivity index (χ2v) is 7.43. The predicted octanol–water partition coefficient (Wildman–Crippen LogP) is 1.87. The molecule has 2 fully saturated rings. The molecule has 1 aromatic carbocycles. The Bertz CT molecular complexity index is 878. The van der Waals surface area contributed by atoms with Crippen molar-refractivity contribution in [2.75, 3.05) is 32.8 Å². The van der Waals surface area contributed by atoms with Crippen LogP contribution in [0.3, 0.4) is 0 Å². The third-order valence-electron chi connectivity index (χ3n) is 5.44. The maximum absolute atomic E-state index is 12.1. The Hall–Kier alpha value is -2.09. The zero-order valence-corrected chi connectivity index (χ0v) is 16.4. The van der Waals surface area contributed by atoms with Gasteiger partial charge >= 0.3 is 5.63 Å². The quantitative estimate of drug-likeness (QED) is 0.734. The van der Waals surface area contributed by atoms with Crippen molar-refractivity contribution in [2.24, 2.45) is 5.41 Å². The molecule has 1 spiro atoms. The summed E-state index contributed by atoms with van der Waals surface area (Å²) >= 11 is 0. The van der Waals surface area contributed by atoms with Crippen LogP contribution in [0.1, 0.15) is 19.3 Å². The first-order valence-electron chi connectivity index (χ1n) is 9.38. The maximum Gasteiger partial charge on any atom is 0.336 e. The molecule has 0 aliphatic carbocycles. The lowest BCUT2D eigenvalue weighted by Crippen LogP contribution is -2.38. The highest BCUT2D eigenvalue weighted by Gasteiger charge is 2.40. The van der Waals surface area contributed by atoms with Crippen LogP contribution in [0.2, 0.25) is 0 Å². The van der Waals surface area contributed by atoms with Crippen molar-refractivity contribution in [3.05, 3.63) is 40.8 Å². The van der Waals surface area contributed by atoms with Crippen LogP contribution in [0.5, 0.6) is 5.75 Å². The van der Waals surface area contributed by atoms with Gasteiger partial charge in [-0.2, -0.15) is 0 Å². The van der Waals surface area contributed by atoms with Crippen molar-refractivity contribution in [1.82, 2.24) is 10.6 Å². The molecule has 1 aromatic heterocycles. The van der Waals surface area contributed by atoms with E-state index in [0.29, 0.717) is 17.9 Å². The van der Waals surface area contributed by atoms with Crippen LogP contribution in [0.25, 0.3) is 11.0 Å². The molecule has 0 bridgehead atoms. The Morgan fingerprint density at radius 3 is 2.86 bits per heavy atom. The minimum Gasteiger partial charge on any atom is -0.484 e. The second-order valence-electron chi connectivity index (χ2n) is 7.43. The molecule has 1 amide bonds. The highest BCUT2D eigenvalue weighted by molar-refractivity contribution is 5.85. The number of amides is 1. The molecule has 28 heavy (non-hydrogen) atoms. The first-order chi connectivity index (χ1) is 13.1. The number of carbonyl (C=O) groups excluding carboxylic acids is 1. The van der Waals surface area contributed by atoms with Crippen LogP contribution in [0.15, 0.2) is 39.5 Å². The molecule has 0 saturated carbocycles. The molecule has 1 atom stereocenters. The van der Waals surface area contributed by atoms with Crippen LogP contribution >= 0.6 is 12.4 Å². The lowest BCUT2D eigenvalue weighted by Gasteiger charge is -2.32. The fraction of sp³-hybridized carbons (Fsp3) is 0.500. The number of nitrogens with one attached hydrogen (secondary N) is 2. The number of hydrogen-bond donors (Lipinski definition) is 2. The Morgan fingerprint density at radius 2 is 2.04 bits per heavy atom. The number of carbonyl (C=O) groups is 1. The van der Waals surface area contributed by atoms with Gasteiger partial charge in [-0.3, -0.25) is 4.79 Å². The fourth-order valence-electron chi connectivity index (χ4n) is 3.89. The zero-order valence-electron chi connectivity index (χ0n) is 15.6. The summed E-state index contributed by atoms with van der Waals surface area (Å²) < 4.78 is 16.5. The van der Waals surface area contributed by atoms with Crippen LogP contribution in [-0.2, 0) is 9.53 Å². The van der Waals surface area contributed by atoms with E-state index in [0.717, 1.165) is 44.3 Å². The number of piperidine rings is 1. The van der Waals surface area contributed by atoms with Gasteiger partial charge in [-0.1, -0.05) is 0 Å². The number of hydrogen-bond acceptors (Lipinski definition) is 6. The van der Waals surface area contributed by atoms with E-state index in [1.807, 2.05) is 0 Å². The average Bonchev–Trinajstić information content (AvgIpc) is 3.07. The van der Waals surface area contributed by atoms with Crippen LogP contribution in [0, 0.1) is 5.41 Å². The van der Waals surface area contributed by atoms with Crippen molar-refractivity contribution in [1.29, 1.82) is 0 Å². The summed E-state index contributed by atoms with van der Waals surface area (Å²) in [5.74, 6) is 0.289. The highest BCUT2D eigenvalue weighted by Crippen LogP contribution is 2.40. The van der Waals surface area contributed by atoms with Crippen molar-refractivity contribution >= 4 is 29.3 Å². The van der Waals surface area contributed by atoms with Gasteiger partial charge in [-0.05, 0) is 56.0 Å². The molecule has 2 aliphatic rings. The van der Waals surface area contributed by atoms with Gasteiger partial charge in [0, 0.05) is 24.1 Å². The molecule has 2 aliphatic heterocycles. The summed E-state index contributed by atoms with van der Waals surface area (Å²) in [5, 5.41) is 7.07. The van der Waals surface area contributed by atoms with E-state index >= 15 is 0 Å². The smallest absolute Gasteiger partial charge is 0.336 e. The second kappa shape index (κ2) is 8.94. The normalized spacial score (nSPS) is 20.6. The molecule has 8 heteroatoms. The number of rotatable bonds is 5. The SMILES string of the molecule is Cl.O=C(COc1ccc2ccc(=O)oc2c1)NCC1CC2(CCNCC2)CO1.